The third-order valence-electron chi connectivity index (χ3n) is 7.72. The number of benzene rings is 2. The average Bonchev–Trinajstić information content (AvgIpc) is 3.00. The van der Waals surface area contributed by atoms with Gasteiger partial charge in [-0.25, -0.2) is 0 Å². The van der Waals surface area contributed by atoms with Crippen LogP contribution in [-0.2, 0) is 21.2 Å². The Morgan fingerprint density at radius 2 is 1.67 bits per heavy atom. The molecule has 1 amide bonds. The molecule has 2 aliphatic heterocycles. The second-order valence-electron chi connectivity index (χ2n) is 10.5. The molecular formula is C26H35NO5Si. The second-order valence-corrected chi connectivity index (χ2v) is 15.2. The fourth-order valence-electron chi connectivity index (χ4n) is 4.93. The van der Waals surface area contributed by atoms with Crippen LogP contribution < -0.4 is 9.47 Å². The van der Waals surface area contributed by atoms with E-state index in [2.05, 4.69) is 33.9 Å². The fraction of sp³-hybridized carbons (Fsp3) is 0.500. The summed E-state index contributed by atoms with van der Waals surface area (Å²) in [6, 6.07) is 13.7. The Hall–Kier alpha value is -2.35. The van der Waals surface area contributed by atoms with Gasteiger partial charge in [-0.3, -0.25) is 4.79 Å². The highest BCUT2D eigenvalue weighted by atomic mass is 28.4. The van der Waals surface area contributed by atoms with Crippen LogP contribution in [0.2, 0.25) is 18.1 Å². The van der Waals surface area contributed by atoms with E-state index in [0.29, 0.717) is 24.5 Å². The molecule has 1 fully saturated rings. The number of aliphatic hydroxyl groups excluding tert-OH is 1. The van der Waals surface area contributed by atoms with Gasteiger partial charge in [-0.05, 0) is 53.4 Å². The first-order valence-corrected chi connectivity index (χ1v) is 14.4. The SMILES string of the molecule is COc1cc2c(cc1OC)[C@@]1(c3ccccc3)[C@H](O)[C@@H](O[Si](C)(C)C(C)(C)C)C(=O)N1CC2. The molecule has 0 saturated carbocycles. The number of nitrogens with zero attached hydrogens (tertiary/aromatic N) is 1. The summed E-state index contributed by atoms with van der Waals surface area (Å²) in [6.45, 7) is 11.1. The first-order chi connectivity index (χ1) is 15.5. The summed E-state index contributed by atoms with van der Waals surface area (Å²) in [5, 5.41) is 11.9. The van der Waals surface area contributed by atoms with Crippen molar-refractivity contribution in [2.45, 2.75) is 63.1 Å². The van der Waals surface area contributed by atoms with Gasteiger partial charge in [-0.1, -0.05) is 51.1 Å². The maximum Gasteiger partial charge on any atom is 0.254 e. The molecular weight excluding hydrogens is 434 g/mol. The van der Waals surface area contributed by atoms with Gasteiger partial charge in [-0.15, -0.1) is 0 Å². The van der Waals surface area contributed by atoms with Crippen LogP contribution in [0.15, 0.2) is 42.5 Å². The third kappa shape index (κ3) is 3.48. The molecule has 0 aromatic heterocycles. The van der Waals surface area contributed by atoms with Crippen LogP contribution >= 0.6 is 0 Å². The molecule has 0 bridgehead atoms. The van der Waals surface area contributed by atoms with Gasteiger partial charge in [-0.2, -0.15) is 0 Å². The monoisotopic (exact) mass is 469 g/mol. The van der Waals surface area contributed by atoms with E-state index >= 15 is 0 Å². The van der Waals surface area contributed by atoms with Crippen LogP contribution in [0.3, 0.4) is 0 Å². The summed E-state index contributed by atoms with van der Waals surface area (Å²) in [7, 11) is 0.883. The number of fused-ring (bicyclic) bond motifs is 3. The van der Waals surface area contributed by atoms with Gasteiger partial charge in [0, 0.05) is 6.54 Å². The lowest BCUT2D eigenvalue weighted by molar-refractivity contribution is -0.136. The van der Waals surface area contributed by atoms with Gasteiger partial charge in [0.1, 0.15) is 11.6 Å². The molecule has 33 heavy (non-hydrogen) atoms. The summed E-state index contributed by atoms with van der Waals surface area (Å²) in [5.74, 6) is 1.05. The van der Waals surface area contributed by atoms with Crippen LogP contribution in [-0.4, -0.2) is 57.2 Å². The minimum atomic E-state index is -2.33. The number of amides is 1. The zero-order chi connectivity index (χ0) is 24.2. The Morgan fingerprint density at radius 1 is 1.06 bits per heavy atom. The number of rotatable bonds is 5. The number of methoxy groups -OCH3 is 2. The lowest BCUT2D eigenvalue weighted by atomic mass is 9.73. The lowest BCUT2D eigenvalue weighted by Gasteiger charge is -2.46. The molecule has 7 heteroatoms. The van der Waals surface area contributed by atoms with Gasteiger partial charge < -0.3 is 23.9 Å². The molecule has 4 rings (SSSR count). The maximum absolute atomic E-state index is 13.8. The zero-order valence-electron chi connectivity index (χ0n) is 20.6. The van der Waals surface area contributed by atoms with Gasteiger partial charge in [0.25, 0.3) is 5.91 Å². The number of ether oxygens (including phenoxy) is 2. The van der Waals surface area contributed by atoms with Crippen molar-refractivity contribution in [1.82, 2.24) is 4.90 Å². The average molecular weight is 470 g/mol. The maximum atomic E-state index is 13.8. The number of aliphatic hydroxyl groups is 1. The lowest BCUT2D eigenvalue weighted by Crippen LogP contribution is -2.54. The van der Waals surface area contributed by atoms with Gasteiger partial charge in [0.05, 0.1) is 14.2 Å². The van der Waals surface area contributed by atoms with Crippen LogP contribution in [0.25, 0.3) is 0 Å². The van der Waals surface area contributed by atoms with E-state index in [1.807, 2.05) is 47.4 Å². The van der Waals surface area contributed by atoms with Crippen molar-refractivity contribution < 1.29 is 23.8 Å². The summed E-state index contributed by atoms with van der Waals surface area (Å²) in [5.41, 5.74) is 1.70. The van der Waals surface area contributed by atoms with Gasteiger partial charge in [0.2, 0.25) is 0 Å². The zero-order valence-corrected chi connectivity index (χ0v) is 21.6. The van der Waals surface area contributed by atoms with E-state index in [1.54, 1.807) is 14.2 Å². The molecule has 1 saturated heterocycles. The molecule has 3 atom stereocenters. The predicted octanol–water partition coefficient (Wildman–Crippen LogP) is 4.10. The van der Waals surface area contributed by atoms with Crippen LogP contribution in [0.1, 0.15) is 37.5 Å². The highest BCUT2D eigenvalue weighted by molar-refractivity contribution is 6.74. The highest BCUT2D eigenvalue weighted by Crippen LogP contribution is 2.52. The molecule has 2 aromatic rings. The van der Waals surface area contributed by atoms with E-state index in [1.165, 1.54) is 0 Å². The highest BCUT2D eigenvalue weighted by Gasteiger charge is 2.63. The molecule has 2 aromatic carbocycles. The first-order valence-electron chi connectivity index (χ1n) is 11.5. The molecule has 0 spiro atoms. The molecule has 1 N–H and O–H groups in total. The normalized spacial score (nSPS) is 25.0. The van der Waals surface area contributed by atoms with Crippen molar-refractivity contribution in [2.24, 2.45) is 0 Å². The van der Waals surface area contributed by atoms with Crippen molar-refractivity contribution in [3.8, 4) is 11.5 Å². The van der Waals surface area contributed by atoms with Crippen LogP contribution in [0.5, 0.6) is 11.5 Å². The van der Waals surface area contributed by atoms with Gasteiger partial charge >= 0.3 is 0 Å². The van der Waals surface area contributed by atoms with E-state index in [4.69, 9.17) is 13.9 Å². The smallest absolute Gasteiger partial charge is 0.254 e. The number of hydrogen-bond acceptors (Lipinski definition) is 5. The Kier molecular flexibility index (Phi) is 5.87. The van der Waals surface area contributed by atoms with E-state index in [0.717, 1.165) is 16.7 Å². The number of carbonyl (C=O) groups is 1. The van der Waals surface area contributed by atoms with E-state index in [-0.39, 0.29) is 10.9 Å². The van der Waals surface area contributed by atoms with Crippen molar-refractivity contribution >= 4 is 14.2 Å². The Bertz CT molecular complexity index is 1050. The standard InChI is InChI=1S/C26H35NO5Si/c1-25(2,3)33(6,7)32-22-23(28)26(18-11-9-8-10-12-18)19-16-21(31-5)20(30-4)15-17(19)13-14-27(26)24(22)29/h8-12,15-16,22-23,28H,13-14H2,1-7H3/t22-,23-,26+/m1/s1. The van der Waals surface area contributed by atoms with Crippen molar-refractivity contribution in [2.75, 3.05) is 20.8 Å². The van der Waals surface area contributed by atoms with E-state index < -0.39 is 26.1 Å². The molecule has 178 valence electrons. The Morgan fingerprint density at radius 3 is 2.24 bits per heavy atom. The van der Waals surface area contributed by atoms with Crippen LogP contribution in [0.4, 0.5) is 0 Å². The number of hydrogen-bond donors (Lipinski definition) is 1. The first kappa shape index (κ1) is 23.8. The number of carbonyl (C=O) groups excluding carboxylic acids is 1. The Labute approximate surface area is 197 Å². The predicted molar refractivity (Wildman–Crippen MR) is 130 cm³/mol. The molecule has 2 aliphatic rings. The summed E-state index contributed by atoms with van der Waals surface area (Å²) in [4.78, 5) is 15.6. The molecule has 0 unspecified atom stereocenters. The third-order valence-corrected chi connectivity index (χ3v) is 12.2. The molecule has 2 heterocycles. The second kappa shape index (κ2) is 8.15. The Balaban J connectivity index is 1.94. The van der Waals surface area contributed by atoms with Crippen molar-refractivity contribution in [3.05, 3.63) is 59.2 Å². The van der Waals surface area contributed by atoms with Crippen LogP contribution in [0, 0.1) is 0 Å². The largest absolute Gasteiger partial charge is 0.493 e. The summed E-state index contributed by atoms with van der Waals surface area (Å²) < 4.78 is 17.7. The fourth-order valence-corrected chi connectivity index (χ4v) is 6.15. The van der Waals surface area contributed by atoms with E-state index in [9.17, 15) is 9.90 Å². The van der Waals surface area contributed by atoms with Crippen molar-refractivity contribution in [1.29, 1.82) is 0 Å². The summed E-state index contributed by atoms with van der Waals surface area (Å²) in [6.07, 6.45) is -1.33. The summed E-state index contributed by atoms with van der Waals surface area (Å²) >= 11 is 0. The van der Waals surface area contributed by atoms with Gasteiger partial charge in [0.15, 0.2) is 25.9 Å². The topological polar surface area (TPSA) is 68.2 Å². The quantitative estimate of drug-likeness (QED) is 0.668. The molecule has 0 radical (unpaired) electrons. The minimum Gasteiger partial charge on any atom is -0.493 e. The molecule has 0 aliphatic carbocycles. The van der Waals surface area contributed by atoms with Crippen molar-refractivity contribution in [3.63, 3.8) is 0 Å². The molecule has 6 nitrogen and oxygen atoms in total. The minimum absolute atomic E-state index is 0.0928.